The van der Waals surface area contributed by atoms with Crippen LogP contribution in [-0.2, 0) is 0 Å². The fraction of sp³-hybridized carbons (Fsp3) is 1.00. The molecule has 2 heteroatoms. The molecule has 86 valence electrons. The molecular formula is C12H27NS. The highest BCUT2D eigenvalue weighted by Gasteiger charge is 2.27. The van der Waals surface area contributed by atoms with Gasteiger partial charge in [0, 0.05) is 11.8 Å². The maximum atomic E-state index is 2.55. The summed E-state index contributed by atoms with van der Waals surface area (Å²) in [7, 11) is 1.96. The molecule has 0 bridgehead atoms. The van der Waals surface area contributed by atoms with Gasteiger partial charge < -0.3 is 4.90 Å². The largest absolute Gasteiger partial charge is 0.305 e. The molecule has 0 aromatic heterocycles. The van der Waals surface area contributed by atoms with Crippen LogP contribution in [-0.4, -0.2) is 48.6 Å². The molecule has 0 aromatic carbocycles. The van der Waals surface area contributed by atoms with Crippen LogP contribution in [0.2, 0.25) is 0 Å². The smallest absolute Gasteiger partial charge is 0.00831 e. The summed E-state index contributed by atoms with van der Waals surface area (Å²) < 4.78 is 0. The predicted octanol–water partition coefficient (Wildman–Crippen LogP) is 2.94. The normalized spacial score (nSPS) is 26.4. The zero-order valence-electron chi connectivity index (χ0n) is 10.4. The second-order valence-electron chi connectivity index (χ2n) is 5.21. The lowest BCUT2D eigenvalue weighted by molar-refractivity contribution is 0.282. The van der Waals surface area contributed by atoms with Crippen molar-refractivity contribution in [3.63, 3.8) is 0 Å². The highest BCUT2D eigenvalue weighted by atomic mass is 32.3. The predicted molar refractivity (Wildman–Crippen MR) is 69.7 cm³/mol. The molecule has 0 amide bonds. The highest BCUT2D eigenvalue weighted by molar-refractivity contribution is 8.33. The molecule has 1 unspecified atom stereocenters. The van der Waals surface area contributed by atoms with Gasteiger partial charge in [-0.1, -0.05) is 13.3 Å². The van der Waals surface area contributed by atoms with Gasteiger partial charge in [-0.25, -0.2) is 10.0 Å². The Bertz CT molecular complexity index is 168. The van der Waals surface area contributed by atoms with Crippen molar-refractivity contribution < 1.29 is 0 Å². The van der Waals surface area contributed by atoms with Crippen molar-refractivity contribution >= 4 is 10.0 Å². The third-order valence-corrected chi connectivity index (χ3v) is 7.04. The zero-order valence-corrected chi connectivity index (χ0v) is 11.2. The van der Waals surface area contributed by atoms with Crippen LogP contribution in [0.15, 0.2) is 0 Å². The van der Waals surface area contributed by atoms with E-state index in [4.69, 9.17) is 0 Å². The van der Waals surface area contributed by atoms with Crippen LogP contribution in [0.4, 0.5) is 0 Å². The Morgan fingerprint density at radius 1 is 1.36 bits per heavy atom. The van der Waals surface area contributed by atoms with Crippen LogP contribution in [0.25, 0.3) is 0 Å². The summed E-state index contributed by atoms with van der Waals surface area (Å²) in [6, 6.07) is 0. The Kier molecular flexibility index (Phi) is 4.78. The van der Waals surface area contributed by atoms with Crippen LogP contribution >= 0.6 is 10.0 Å². The van der Waals surface area contributed by atoms with Crippen molar-refractivity contribution in [2.75, 3.05) is 38.4 Å². The Morgan fingerprint density at radius 3 is 2.64 bits per heavy atom. The number of likely N-dealkylation sites (tertiary alicyclic amines) is 1. The van der Waals surface area contributed by atoms with Crippen LogP contribution in [0.3, 0.4) is 0 Å². The maximum absolute atomic E-state index is 2.55. The van der Waals surface area contributed by atoms with Crippen LogP contribution < -0.4 is 0 Å². The molecule has 0 N–H and O–H groups in total. The fourth-order valence-corrected chi connectivity index (χ4v) is 5.15. The Hall–Kier alpha value is 0.310. The Balaban J connectivity index is 2.43. The van der Waals surface area contributed by atoms with E-state index >= 15 is 0 Å². The average Bonchev–Trinajstić information content (AvgIpc) is 2.15. The maximum Gasteiger partial charge on any atom is 0.00831 e. The second kappa shape index (κ2) is 5.41. The summed E-state index contributed by atoms with van der Waals surface area (Å²) >= 11 is 0. The molecule has 1 saturated heterocycles. The molecule has 0 radical (unpaired) electrons. The molecule has 1 fully saturated rings. The molecule has 1 nitrogen and oxygen atoms in total. The number of nitrogens with zero attached hydrogens (tertiary/aromatic N) is 1. The first-order valence-electron chi connectivity index (χ1n) is 5.94. The summed E-state index contributed by atoms with van der Waals surface area (Å²) in [5.41, 5.74) is 0. The molecule has 0 saturated carbocycles. The van der Waals surface area contributed by atoms with E-state index in [9.17, 15) is 0 Å². The van der Waals surface area contributed by atoms with Gasteiger partial charge in [0.05, 0.1) is 0 Å². The lowest BCUT2D eigenvalue weighted by Gasteiger charge is -2.44. The summed E-state index contributed by atoms with van der Waals surface area (Å²) in [5.74, 6) is 1.49. The summed E-state index contributed by atoms with van der Waals surface area (Å²) in [6.07, 6.45) is 10.8. The van der Waals surface area contributed by atoms with Crippen LogP contribution in [0.1, 0.15) is 32.6 Å². The van der Waals surface area contributed by atoms with Gasteiger partial charge in [-0.3, -0.25) is 0 Å². The minimum atomic E-state index is -0.320. The van der Waals surface area contributed by atoms with E-state index in [1.165, 1.54) is 44.5 Å². The first-order valence-corrected chi connectivity index (χ1v) is 8.63. The molecule has 1 atom stereocenters. The molecule has 1 aliphatic heterocycles. The standard InChI is InChI=1S/C12H27NS/c1-5-6-10-14(3,4)12-8-7-9-13(2)11-12/h12H,5-11H2,1-4H3. The van der Waals surface area contributed by atoms with E-state index in [0.29, 0.717) is 0 Å². The Labute approximate surface area is 91.6 Å². The first kappa shape index (κ1) is 12.4. The monoisotopic (exact) mass is 217 g/mol. The quantitative estimate of drug-likeness (QED) is 0.700. The second-order valence-corrected chi connectivity index (χ2v) is 9.53. The van der Waals surface area contributed by atoms with Gasteiger partial charge in [0.1, 0.15) is 0 Å². The van der Waals surface area contributed by atoms with Crippen molar-refractivity contribution in [3.8, 4) is 0 Å². The van der Waals surface area contributed by atoms with Crippen molar-refractivity contribution in [1.82, 2.24) is 4.90 Å². The van der Waals surface area contributed by atoms with Crippen LogP contribution in [0.5, 0.6) is 0 Å². The van der Waals surface area contributed by atoms with E-state index in [1.807, 2.05) is 0 Å². The third kappa shape index (κ3) is 3.47. The SMILES string of the molecule is CCCCS(C)(C)C1CCCN(C)C1. The molecule has 0 aliphatic carbocycles. The molecule has 0 aromatic rings. The number of rotatable bonds is 4. The first-order chi connectivity index (χ1) is 6.56. The minimum absolute atomic E-state index is 0.320. The molecule has 0 spiro atoms. The van der Waals surface area contributed by atoms with E-state index in [-0.39, 0.29) is 10.0 Å². The molecule has 14 heavy (non-hydrogen) atoms. The lowest BCUT2D eigenvalue weighted by Crippen LogP contribution is -2.38. The topological polar surface area (TPSA) is 3.24 Å². The summed E-state index contributed by atoms with van der Waals surface area (Å²) in [4.78, 5) is 2.52. The number of hydrogen-bond donors (Lipinski definition) is 0. The summed E-state index contributed by atoms with van der Waals surface area (Å²) in [6.45, 7) is 4.98. The zero-order chi connectivity index (χ0) is 10.6. The third-order valence-electron chi connectivity index (χ3n) is 3.51. The number of piperidine rings is 1. The van der Waals surface area contributed by atoms with E-state index in [0.717, 1.165) is 5.25 Å². The molecule has 1 aliphatic rings. The van der Waals surface area contributed by atoms with E-state index < -0.39 is 0 Å². The minimum Gasteiger partial charge on any atom is -0.305 e. The number of unbranched alkanes of at least 4 members (excludes halogenated alkanes) is 1. The molecule has 1 rings (SSSR count). The van der Waals surface area contributed by atoms with Gasteiger partial charge in [-0.05, 0) is 51.1 Å². The van der Waals surface area contributed by atoms with Gasteiger partial charge >= 0.3 is 0 Å². The Morgan fingerprint density at radius 2 is 2.07 bits per heavy atom. The van der Waals surface area contributed by atoms with Gasteiger partial charge in [0.15, 0.2) is 0 Å². The van der Waals surface area contributed by atoms with Gasteiger partial charge in [0.2, 0.25) is 0 Å². The van der Waals surface area contributed by atoms with Gasteiger partial charge in [-0.2, -0.15) is 0 Å². The van der Waals surface area contributed by atoms with Gasteiger partial charge in [-0.15, -0.1) is 0 Å². The van der Waals surface area contributed by atoms with E-state index in [2.05, 4.69) is 31.4 Å². The van der Waals surface area contributed by atoms with Crippen LogP contribution in [0, 0.1) is 0 Å². The lowest BCUT2D eigenvalue weighted by atomic mass is 10.1. The van der Waals surface area contributed by atoms with Crippen molar-refractivity contribution in [1.29, 1.82) is 0 Å². The van der Waals surface area contributed by atoms with Gasteiger partial charge in [0.25, 0.3) is 0 Å². The van der Waals surface area contributed by atoms with Crippen molar-refractivity contribution in [2.24, 2.45) is 0 Å². The van der Waals surface area contributed by atoms with Crippen molar-refractivity contribution in [3.05, 3.63) is 0 Å². The van der Waals surface area contributed by atoms with Crippen molar-refractivity contribution in [2.45, 2.75) is 37.9 Å². The number of hydrogen-bond acceptors (Lipinski definition) is 1. The molecule has 1 heterocycles. The highest BCUT2D eigenvalue weighted by Crippen LogP contribution is 2.49. The average molecular weight is 217 g/mol. The molecular weight excluding hydrogens is 190 g/mol. The summed E-state index contributed by atoms with van der Waals surface area (Å²) in [5, 5.41) is 1.01. The van der Waals surface area contributed by atoms with E-state index in [1.54, 1.807) is 0 Å². The fourth-order valence-electron chi connectivity index (χ4n) is 2.32.